The summed E-state index contributed by atoms with van der Waals surface area (Å²) in [6, 6.07) is 7.49. The summed E-state index contributed by atoms with van der Waals surface area (Å²) in [7, 11) is 1.46. The largest absolute Gasteiger partial charge is 0.497 e. The van der Waals surface area contributed by atoms with E-state index in [1.807, 2.05) is 0 Å². The molecule has 1 aromatic carbocycles. The number of hydrogen-bond acceptors (Lipinski definition) is 4. The Balaban J connectivity index is 2.31. The molecule has 0 saturated heterocycles. The number of rotatable bonds is 4. The van der Waals surface area contributed by atoms with Crippen molar-refractivity contribution in [2.45, 2.75) is 6.92 Å². The van der Waals surface area contributed by atoms with E-state index in [0.29, 0.717) is 11.5 Å². The summed E-state index contributed by atoms with van der Waals surface area (Å²) < 4.78 is 10.2. The zero-order valence-corrected chi connectivity index (χ0v) is 11.0. The summed E-state index contributed by atoms with van der Waals surface area (Å²) in [6.07, 6.45) is 0. The van der Waals surface area contributed by atoms with E-state index in [-0.39, 0.29) is 17.0 Å². The molecule has 1 aromatic heterocycles. The molecule has 2 N–H and O–H groups in total. The van der Waals surface area contributed by atoms with Gasteiger partial charge in [0.15, 0.2) is 5.76 Å². The van der Waals surface area contributed by atoms with Crippen molar-refractivity contribution in [3.05, 3.63) is 47.4 Å². The number of amides is 1. The first-order valence-corrected chi connectivity index (χ1v) is 5.80. The number of carboxylic acid groups (broad SMARTS) is 1. The van der Waals surface area contributed by atoms with Crippen molar-refractivity contribution in [3.63, 3.8) is 0 Å². The van der Waals surface area contributed by atoms with Crippen LogP contribution in [0.1, 0.15) is 26.7 Å². The maximum absolute atomic E-state index is 12.0. The quantitative estimate of drug-likeness (QED) is 0.895. The Labute approximate surface area is 115 Å². The van der Waals surface area contributed by atoms with Crippen molar-refractivity contribution < 1.29 is 23.8 Å². The molecule has 0 atom stereocenters. The lowest BCUT2D eigenvalue weighted by atomic mass is 10.1. The van der Waals surface area contributed by atoms with Crippen LogP contribution in [0.4, 0.5) is 5.69 Å². The smallest absolute Gasteiger partial charge is 0.337 e. The van der Waals surface area contributed by atoms with Gasteiger partial charge in [-0.05, 0) is 31.2 Å². The molecule has 104 valence electrons. The second-order valence-corrected chi connectivity index (χ2v) is 4.08. The van der Waals surface area contributed by atoms with Gasteiger partial charge in [0.1, 0.15) is 11.5 Å². The van der Waals surface area contributed by atoms with Crippen molar-refractivity contribution in [2.75, 3.05) is 12.4 Å². The lowest BCUT2D eigenvalue weighted by Gasteiger charge is -2.09. The topological polar surface area (TPSA) is 88.8 Å². The molecule has 0 aliphatic carbocycles. The number of methoxy groups -OCH3 is 1. The van der Waals surface area contributed by atoms with E-state index in [1.165, 1.54) is 31.4 Å². The minimum Gasteiger partial charge on any atom is -0.497 e. The summed E-state index contributed by atoms with van der Waals surface area (Å²) in [5, 5.41) is 11.6. The molecule has 0 saturated carbocycles. The summed E-state index contributed by atoms with van der Waals surface area (Å²) in [6.45, 7) is 1.71. The first-order valence-electron chi connectivity index (χ1n) is 5.80. The molecule has 0 bridgehead atoms. The molecule has 0 unspecified atom stereocenters. The second kappa shape index (κ2) is 5.48. The SMILES string of the molecule is COc1ccc(C(=O)O)c(NC(=O)c2ccc(C)o2)c1. The van der Waals surface area contributed by atoms with E-state index in [4.69, 9.17) is 14.3 Å². The Morgan fingerprint density at radius 2 is 2.00 bits per heavy atom. The average molecular weight is 275 g/mol. The van der Waals surface area contributed by atoms with E-state index in [1.54, 1.807) is 13.0 Å². The van der Waals surface area contributed by atoms with Crippen LogP contribution in [0.3, 0.4) is 0 Å². The van der Waals surface area contributed by atoms with Crippen molar-refractivity contribution >= 4 is 17.6 Å². The van der Waals surface area contributed by atoms with Crippen LogP contribution >= 0.6 is 0 Å². The standard InChI is InChI=1S/C14H13NO5/c1-8-3-6-12(20-8)13(16)15-11-7-9(19-2)4-5-10(11)14(17)18/h3-7H,1-2H3,(H,15,16)(H,17,18). The summed E-state index contributed by atoms with van der Waals surface area (Å²) in [5.74, 6) is -0.505. The van der Waals surface area contributed by atoms with Crippen LogP contribution in [0, 0.1) is 6.92 Å². The minimum absolute atomic E-state index is 0.0255. The number of nitrogens with one attached hydrogen (secondary N) is 1. The Bertz CT molecular complexity index is 659. The van der Waals surface area contributed by atoms with E-state index >= 15 is 0 Å². The third-order valence-electron chi connectivity index (χ3n) is 2.67. The molecule has 2 rings (SSSR count). The van der Waals surface area contributed by atoms with Crippen molar-refractivity contribution in [1.29, 1.82) is 0 Å². The van der Waals surface area contributed by atoms with Crippen molar-refractivity contribution in [2.24, 2.45) is 0 Å². The maximum Gasteiger partial charge on any atom is 0.337 e. The van der Waals surface area contributed by atoms with Gasteiger partial charge in [-0.2, -0.15) is 0 Å². The number of anilines is 1. The van der Waals surface area contributed by atoms with Gasteiger partial charge in [-0.3, -0.25) is 4.79 Å². The fourth-order valence-corrected chi connectivity index (χ4v) is 1.68. The first kappa shape index (κ1) is 13.7. The van der Waals surface area contributed by atoms with Gasteiger partial charge in [0.05, 0.1) is 18.4 Å². The minimum atomic E-state index is -1.14. The zero-order chi connectivity index (χ0) is 14.7. The molecule has 2 aromatic rings. The molecule has 0 radical (unpaired) electrons. The lowest BCUT2D eigenvalue weighted by molar-refractivity contribution is 0.0698. The third-order valence-corrected chi connectivity index (χ3v) is 2.67. The Kier molecular flexibility index (Phi) is 3.74. The number of benzene rings is 1. The highest BCUT2D eigenvalue weighted by Crippen LogP contribution is 2.23. The number of hydrogen-bond donors (Lipinski definition) is 2. The van der Waals surface area contributed by atoms with E-state index in [0.717, 1.165) is 0 Å². The summed E-state index contributed by atoms with van der Waals surface area (Å²) in [4.78, 5) is 23.1. The molecule has 1 heterocycles. The van der Waals surface area contributed by atoms with Crippen LogP contribution in [0.5, 0.6) is 5.75 Å². The second-order valence-electron chi connectivity index (χ2n) is 4.08. The van der Waals surface area contributed by atoms with Gasteiger partial charge in [-0.1, -0.05) is 0 Å². The van der Waals surface area contributed by atoms with E-state index in [9.17, 15) is 9.59 Å². The zero-order valence-electron chi connectivity index (χ0n) is 11.0. The highest BCUT2D eigenvalue weighted by Gasteiger charge is 2.16. The number of carbonyl (C=O) groups is 2. The van der Waals surface area contributed by atoms with Crippen LogP contribution in [0.2, 0.25) is 0 Å². The molecule has 1 amide bonds. The van der Waals surface area contributed by atoms with Gasteiger partial charge in [0.2, 0.25) is 0 Å². The van der Waals surface area contributed by atoms with Crippen LogP contribution in [-0.2, 0) is 0 Å². The number of carboxylic acids is 1. The number of aryl methyl sites for hydroxylation is 1. The van der Waals surface area contributed by atoms with Gasteiger partial charge in [-0.25, -0.2) is 4.79 Å². The Morgan fingerprint density at radius 1 is 1.25 bits per heavy atom. The molecule has 0 spiro atoms. The number of furan rings is 1. The first-order chi connectivity index (χ1) is 9.51. The molecular weight excluding hydrogens is 262 g/mol. The van der Waals surface area contributed by atoms with Gasteiger partial charge in [0.25, 0.3) is 5.91 Å². The van der Waals surface area contributed by atoms with E-state index < -0.39 is 11.9 Å². The normalized spacial score (nSPS) is 10.1. The van der Waals surface area contributed by atoms with Gasteiger partial charge < -0.3 is 19.6 Å². The highest BCUT2D eigenvalue weighted by atomic mass is 16.5. The summed E-state index contributed by atoms with van der Waals surface area (Å²) >= 11 is 0. The molecule has 0 fully saturated rings. The molecular formula is C14H13NO5. The molecule has 6 nitrogen and oxygen atoms in total. The predicted octanol–water partition coefficient (Wildman–Crippen LogP) is 2.55. The summed E-state index contributed by atoms with van der Waals surface area (Å²) in [5.41, 5.74) is 0.123. The van der Waals surface area contributed by atoms with Crippen molar-refractivity contribution in [1.82, 2.24) is 0 Å². The number of ether oxygens (including phenoxy) is 1. The van der Waals surface area contributed by atoms with Gasteiger partial charge >= 0.3 is 5.97 Å². The lowest BCUT2D eigenvalue weighted by Crippen LogP contribution is -2.14. The van der Waals surface area contributed by atoms with Crippen LogP contribution in [0.25, 0.3) is 0 Å². The Morgan fingerprint density at radius 3 is 2.55 bits per heavy atom. The molecule has 6 heteroatoms. The maximum atomic E-state index is 12.0. The molecule has 20 heavy (non-hydrogen) atoms. The van der Waals surface area contributed by atoms with Gasteiger partial charge in [0, 0.05) is 6.07 Å². The third kappa shape index (κ3) is 2.80. The van der Waals surface area contributed by atoms with Crippen LogP contribution in [-0.4, -0.2) is 24.1 Å². The molecule has 0 aliphatic heterocycles. The van der Waals surface area contributed by atoms with Crippen molar-refractivity contribution in [3.8, 4) is 5.75 Å². The fourth-order valence-electron chi connectivity index (χ4n) is 1.68. The fraction of sp³-hybridized carbons (Fsp3) is 0.143. The number of carbonyl (C=O) groups excluding carboxylic acids is 1. The van der Waals surface area contributed by atoms with Crippen LogP contribution < -0.4 is 10.1 Å². The van der Waals surface area contributed by atoms with Gasteiger partial charge in [-0.15, -0.1) is 0 Å². The number of aromatic carboxylic acids is 1. The highest BCUT2D eigenvalue weighted by molar-refractivity contribution is 6.06. The van der Waals surface area contributed by atoms with Crippen LogP contribution in [0.15, 0.2) is 34.7 Å². The predicted molar refractivity (Wildman–Crippen MR) is 71.4 cm³/mol. The van der Waals surface area contributed by atoms with E-state index in [2.05, 4.69) is 5.32 Å². The molecule has 0 aliphatic rings. The average Bonchev–Trinajstić information content (AvgIpc) is 2.85. The Hall–Kier alpha value is -2.76. The monoisotopic (exact) mass is 275 g/mol.